The Morgan fingerprint density at radius 1 is 1.15 bits per heavy atom. The molecular formula is C18H21NS. The maximum Gasteiger partial charge on any atom is 0.0672 e. The number of nitrogens with zero attached hydrogens (tertiary/aromatic N) is 1. The van der Waals surface area contributed by atoms with Crippen LogP contribution in [0.15, 0.2) is 35.7 Å². The summed E-state index contributed by atoms with van der Waals surface area (Å²) in [5.74, 6) is 0. The lowest BCUT2D eigenvalue weighted by atomic mass is 9.89. The monoisotopic (exact) mass is 283 g/mol. The van der Waals surface area contributed by atoms with Gasteiger partial charge in [0.2, 0.25) is 0 Å². The molecule has 0 N–H and O–H groups in total. The molecule has 1 aromatic heterocycles. The van der Waals surface area contributed by atoms with Crippen LogP contribution >= 0.6 is 11.3 Å². The van der Waals surface area contributed by atoms with Crippen LogP contribution in [0.2, 0.25) is 0 Å². The van der Waals surface area contributed by atoms with Gasteiger partial charge in [0.15, 0.2) is 0 Å². The van der Waals surface area contributed by atoms with Gasteiger partial charge in [-0.05, 0) is 55.3 Å². The fraction of sp³-hybridized carbons (Fsp3) is 0.444. The van der Waals surface area contributed by atoms with Crippen molar-refractivity contribution >= 4 is 17.0 Å². The van der Waals surface area contributed by atoms with Crippen LogP contribution in [0.4, 0.5) is 5.69 Å². The van der Waals surface area contributed by atoms with E-state index in [9.17, 15) is 0 Å². The maximum absolute atomic E-state index is 2.73. The van der Waals surface area contributed by atoms with E-state index in [-0.39, 0.29) is 5.54 Å². The number of anilines is 1. The highest BCUT2D eigenvalue weighted by Gasteiger charge is 2.51. The van der Waals surface area contributed by atoms with E-state index < -0.39 is 0 Å². The first kappa shape index (κ1) is 12.5. The van der Waals surface area contributed by atoms with E-state index >= 15 is 0 Å². The molecule has 2 heteroatoms. The highest BCUT2D eigenvalue weighted by atomic mass is 32.1. The van der Waals surface area contributed by atoms with Gasteiger partial charge < -0.3 is 4.90 Å². The summed E-state index contributed by atoms with van der Waals surface area (Å²) in [5, 5.41) is 2.29. The van der Waals surface area contributed by atoms with Crippen molar-refractivity contribution in [2.45, 2.75) is 51.1 Å². The summed E-state index contributed by atoms with van der Waals surface area (Å²) < 4.78 is 0. The van der Waals surface area contributed by atoms with Crippen molar-refractivity contribution in [1.29, 1.82) is 0 Å². The minimum absolute atomic E-state index is 0.279. The second kappa shape index (κ2) is 4.36. The molecule has 2 aromatic rings. The number of fused-ring (bicyclic) bond motifs is 2. The number of para-hydroxylation sites is 1. The molecule has 1 atom stereocenters. The molecule has 1 aliphatic heterocycles. The van der Waals surface area contributed by atoms with Gasteiger partial charge in [0.1, 0.15) is 0 Å². The van der Waals surface area contributed by atoms with Gasteiger partial charge in [0.25, 0.3) is 0 Å². The first-order valence-electron chi connectivity index (χ1n) is 7.67. The van der Waals surface area contributed by atoms with Crippen LogP contribution in [-0.2, 0) is 5.54 Å². The lowest BCUT2D eigenvalue weighted by Crippen LogP contribution is -2.40. The van der Waals surface area contributed by atoms with Crippen LogP contribution in [0, 0.1) is 6.92 Å². The second-order valence-electron chi connectivity index (χ2n) is 6.27. The fourth-order valence-corrected chi connectivity index (χ4v) is 5.43. The molecule has 1 saturated carbocycles. The predicted molar refractivity (Wildman–Crippen MR) is 86.5 cm³/mol. The lowest BCUT2D eigenvalue weighted by Gasteiger charge is -2.41. The Labute approximate surface area is 125 Å². The lowest BCUT2D eigenvalue weighted by molar-refractivity contribution is 0.416. The van der Waals surface area contributed by atoms with Gasteiger partial charge in [-0.3, -0.25) is 0 Å². The van der Waals surface area contributed by atoms with E-state index in [1.54, 1.807) is 10.4 Å². The average molecular weight is 283 g/mol. The molecule has 0 radical (unpaired) electrons. The molecule has 0 bridgehead atoms. The van der Waals surface area contributed by atoms with E-state index in [0.29, 0.717) is 6.04 Å². The molecule has 0 saturated heterocycles. The molecule has 4 rings (SSSR count). The number of benzene rings is 1. The molecule has 1 unspecified atom stereocenters. The number of aryl methyl sites for hydroxylation is 1. The smallest absolute Gasteiger partial charge is 0.0672 e. The van der Waals surface area contributed by atoms with Crippen LogP contribution < -0.4 is 4.90 Å². The van der Waals surface area contributed by atoms with Gasteiger partial charge in [-0.1, -0.05) is 31.0 Å². The van der Waals surface area contributed by atoms with Gasteiger partial charge in [0, 0.05) is 10.6 Å². The summed E-state index contributed by atoms with van der Waals surface area (Å²) in [6.45, 7) is 4.63. The average Bonchev–Trinajstić information content (AvgIpc) is 3.12. The fourth-order valence-electron chi connectivity index (χ4n) is 4.39. The predicted octanol–water partition coefficient (Wildman–Crippen LogP) is 5.41. The summed E-state index contributed by atoms with van der Waals surface area (Å²) in [6, 6.07) is 11.8. The third-order valence-corrected chi connectivity index (χ3v) is 6.32. The van der Waals surface area contributed by atoms with E-state index in [1.165, 1.54) is 36.9 Å². The van der Waals surface area contributed by atoms with Crippen molar-refractivity contribution in [3.05, 3.63) is 51.7 Å². The number of hydrogen-bond acceptors (Lipinski definition) is 2. The Hall–Kier alpha value is -1.28. The third kappa shape index (κ3) is 1.49. The first-order chi connectivity index (χ1) is 9.74. The Morgan fingerprint density at radius 2 is 1.90 bits per heavy atom. The van der Waals surface area contributed by atoms with Crippen molar-refractivity contribution in [3.63, 3.8) is 0 Å². The van der Waals surface area contributed by atoms with E-state index in [0.717, 1.165) is 0 Å². The molecule has 1 aliphatic carbocycles. The van der Waals surface area contributed by atoms with E-state index in [1.807, 2.05) is 11.3 Å². The molecular weight excluding hydrogens is 262 g/mol. The third-order valence-electron chi connectivity index (χ3n) is 5.23. The molecule has 2 aliphatic rings. The molecule has 2 heterocycles. The molecule has 104 valence electrons. The van der Waals surface area contributed by atoms with Gasteiger partial charge in [-0.2, -0.15) is 0 Å². The summed E-state index contributed by atoms with van der Waals surface area (Å²) in [6.07, 6.45) is 5.36. The standard InChI is InChI=1S/C18H21NS/c1-13-7-3-4-8-16(13)19-14(2)17-15(9-12-20-17)18(19)10-5-6-11-18/h3-4,7-9,12,14H,5-6,10-11H2,1-2H3. The Morgan fingerprint density at radius 3 is 2.65 bits per heavy atom. The van der Waals surface area contributed by atoms with Crippen molar-refractivity contribution < 1.29 is 0 Å². The SMILES string of the molecule is Cc1ccccc1N1C(C)c2sccc2C12CCCC2. The van der Waals surface area contributed by atoms with Crippen LogP contribution in [0.25, 0.3) is 0 Å². The molecule has 20 heavy (non-hydrogen) atoms. The van der Waals surface area contributed by atoms with E-state index in [2.05, 4.69) is 54.5 Å². The number of thiophene rings is 1. The summed E-state index contributed by atoms with van der Waals surface area (Å²) in [5.41, 5.74) is 4.74. The largest absolute Gasteiger partial charge is 0.354 e. The Kier molecular flexibility index (Phi) is 2.71. The molecule has 1 fully saturated rings. The van der Waals surface area contributed by atoms with Crippen LogP contribution in [0.3, 0.4) is 0 Å². The molecule has 0 amide bonds. The normalized spacial score (nSPS) is 23.5. The zero-order chi connectivity index (χ0) is 13.7. The minimum atomic E-state index is 0.279. The van der Waals surface area contributed by atoms with Crippen molar-refractivity contribution in [2.75, 3.05) is 4.90 Å². The maximum atomic E-state index is 2.73. The van der Waals surface area contributed by atoms with Gasteiger partial charge in [0.05, 0.1) is 11.6 Å². The first-order valence-corrected chi connectivity index (χ1v) is 8.55. The quantitative estimate of drug-likeness (QED) is 0.676. The summed E-state index contributed by atoms with van der Waals surface area (Å²) >= 11 is 1.94. The number of hydrogen-bond donors (Lipinski definition) is 0. The zero-order valence-corrected chi connectivity index (χ0v) is 13.0. The summed E-state index contributed by atoms with van der Waals surface area (Å²) in [7, 11) is 0. The van der Waals surface area contributed by atoms with Crippen LogP contribution in [-0.4, -0.2) is 0 Å². The van der Waals surface area contributed by atoms with Crippen molar-refractivity contribution in [1.82, 2.24) is 0 Å². The molecule has 1 spiro atoms. The molecule has 1 nitrogen and oxygen atoms in total. The Balaban J connectivity index is 1.91. The van der Waals surface area contributed by atoms with Crippen molar-refractivity contribution in [3.8, 4) is 0 Å². The van der Waals surface area contributed by atoms with Crippen molar-refractivity contribution in [2.24, 2.45) is 0 Å². The summed E-state index contributed by atoms with van der Waals surface area (Å²) in [4.78, 5) is 4.33. The minimum Gasteiger partial charge on any atom is -0.354 e. The Bertz CT molecular complexity index is 636. The van der Waals surface area contributed by atoms with Gasteiger partial charge >= 0.3 is 0 Å². The van der Waals surface area contributed by atoms with Crippen LogP contribution in [0.1, 0.15) is 54.7 Å². The highest BCUT2D eigenvalue weighted by Crippen LogP contribution is 2.57. The highest BCUT2D eigenvalue weighted by molar-refractivity contribution is 7.10. The second-order valence-corrected chi connectivity index (χ2v) is 7.22. The molecule has 1 aromatic carbocycles. The number of rotatable bonds is 1. The topological polar surface area (TPSA) is 3.24 Å². The van der Waals surface area contributed by atoms with Gasteiger partial charge in [-0.15, -0.1) is 11.3 Å². The van der Waals surface area contributed by atoms with Gasteiger partial charge in [-0.25, -0.2) is 0 Å². The zero-order valence-electron chi connectivity index (χ0n) is 12.2. The van der Waals surface area contributed by atoms with Crippen LogP contribution in [0.5, 0.6) is 0 Å². The van der Waals surface area contributed by atoms with E-state index in [4.69, 9.17) is 0 Å².